The maximum atomic E-state index is 12.1. The first kappa shape index (κ1) is 15.9. The van der Waals surface area contributed by atoms with Crippen molar-refractivity contribution in [2.75, 3.05) is 57.5 Å². The number of carbonyl (C=O) groups is 1. The molecule has 1 aromatic heterocycles. The fourth-order valence-corrected chi connectivity index (χ4v) is 3.64. The summed E-state index contributed by atoms with van der Waals surface area (Å²) < 4.78 is 5.46. The number of anilines is 2. The number of thiophene rings is 1. The SMILES string of the molecule is CCNC(=O)c1sc(N2CCCN(C)CC2)c(OC)c1N. The predicted octanol–water partition coefficient (Wildman–Crippen LogP) is 1.23. The predicted molar refractivity (Wildman–Crippen MR) is 87.6 cm³/mol. The van der Waals surface area contributed by atoms with Crippen LogP contribution in [0.5, 0.6) is 5.75 Å². The summed E-state index contributed by atoms with van der Waals surface area (Å²) in [6.45, 7) is 6.43. The van der Waals surface area contributed by atoms with E-state index < -0.39 is 0 Å². The smallest absolute Gasteiger partial charge is 0.263 e. The van der Waals surface area contributed by atoms with Gasteiger partial charge in [-0.2, -0.15) is 0 Å². The van der Waals surface area contributed by atoms with Gasteiger partial charge < -0.3 is 25.6 Å². The molecule has 0 aliphatic carbocycles. The van der Waals surface area contributed by atoms with Crippen molar-refractivity contribution < 1.29 is 9.53 Å². The maximum Gasteiger partial charge on any atom is 0.263 e. The molecule has 1 saturated heterocycles. The van der Waals surface area contributed by atoms with E-state index in [1.165, 1.54) is 11.3 Å². The molecule has 0 unspecified atom stereocenters. The monoisotopic (exact) mass is 312 g/mol. The summed E-state index contributed by atoms with van der Waals surface area (Å²) in [6, 6.07) is 0. The minimum atomic E-state index is -0.128. The van der Waals surface area contributed by atoms with E-state index in [1.54, 1.807) is 7.11 Å². The quantitative estimate of drug-likeness (QED) is 0.875. The molecule has 1 amide bonds. The van der Waals surface area contributed by atoms with Crippen LogP contribution in [0, 0.1) is 0 Å². The van der Waals surface area contributed by atoms with Gasteiger partial charge in [-0.3, -0.25) is 4.79 Å². The number of nitrogens with one attached hydrogen (secondary N) is 1. The van der Waals surface area contributed by atoms with E-state index in [0.29, 0.717) is 22.9 Å². The van der Waals surface area contributed by atoms with Gasteiger partial charge >= 0.3 is 0 Å². The average molecular weight is 312 g/mol. The highest BCUT2D eigenvalue weighted by Gasteiger charge is 2.25. The van der Waals surface area contributed by atoms with Crippen LogP contribution >= 0.6 is 11.3 Å². The summed E-state index contributed by atoms with van der Waals surface area (Å²) in [4.78, 5) is 17.2. The number of nitrogens with two attached hydrogens (primary N) is 1. The molecular formula is C14H24N4O2S. The van der Waals surface area contributed by atoms with Crippen molar-refractivity contribution in [1.82, 2.24) is 10.2 Å². The van der Waals surface area contributed by atoms with Gasteiger partial charge in [0.25, 0.3) is 5.91 Å². The van der Waals surface area contributed by atoms with Crippen molar-refractivity contribution in [1.29, 1.82) is 0 Å². The molecule has 1 aliphatic heterocycles. The Labute approximate surface area is 129 Å². The van der Waals surface area contributed by atoms with Crippen molar-refractivity contribution in [2.45, 2.75) is 13.3 Å². The summed E-state index contributed by atoms with van der Waals surface area (Å²) in [7, 11) is 3.73. The lowest BCUT2D eigenvalue weighted by atomic mass is 10.3. The summed E-state index contributed by atoms with van der Waals surface area (Å²) in [5.41, 5.74) is 6.55. The van der Waals surface area contributed by atoms with Crippen LogP contribution in [-0.2, 0) is 0 Å². The molecule has 0 spiro atoms. The fourth-order valence-electron chi connectivity index (χ4n) is 2.48. The van der Waals surface area contributed by atoms with Gasteiger partial charge in [0.1, 0.15) is 15.6 Å². The van der Waals surface area contributed by atoms with Crippen LogP contribution in [0.3, 0.4) is 0 Å². The third kappa shape index (κ3) is 3.41. The zero-order valence-electron chi connectivity index (χ0n) is 12.9. The number of hydrogen-bond donors (Lipinski definition) is 2. The molecule has 3 N–H and O–H groups in total. The van der Waals surface area contributed by atoms with Crippen LogP contribution in [0.15, 0.2) is 0 Å². The highest BCUT2D eigenvalue weighted by Crippen LogP contribution is 2.44. The largest absolute Gasteiger partial charge is 0.492 e. The van der Waals surface area contributed by atoms with Gasteiger partial charge in [0.15, 0.2) is 5.75 Å². The Morgan fingerprint density at radius 1 is 1.38 bits per heavy atom. The second kappa shape index (κ2) is 7.00. The van der Waals surface area contributed by atoms with Crippen LogP contribution in [-0.4, -0.2) is 57.7 Å². The van der Waals surface area contributed by atoms with Gasteiger partial charge in [0.05, 0.1) is 7.11 Å². The Hall–Kier alpha value is -1.47. The topological polar surface area (TPSA) is 70.8 Å². The standard InChI is InChI=1S/C14H24N4O2S/c1-4-16-13(19)12-10(15)11(20-3)14(21-12)18-7-5-6-17(2)8-9-18/h4-9,15H2,1-3H3,(H,16,19). The second-order valence-electron chi connectivity index (χ2n) is 5.19. The number of nitrogen functional groups attached to an aromatic ring is 1. The minimum Gasteiger partial charge on any atom is -0.492 e. The van der Waals surface area contributed by atoms with Gasteiger partial charge in [-0.05, 0) is 26.9 Å². The lowest BCUT2D eigenvalue weighted by Gasteiger charge is -2.21. The fraction of sp³-hybridized carbons (Fsp3) is 0.643. The second-order valence-corrected chi connectivity index (χ2v) is 6.19. The number of ether oxygens (including phenoxy) is 1. The molecule has 1 fully saturated rings. The number of carbonyl (C=O) groups excluding carboxylic acids is 1. The van der Waals surface area contributed by atoms with Crippen molar-refractivity contribution in [3.8, 4) is 5.75 Å². The number of methoxy groups -OCH3 is 1. The van der Waals surface area contributed by atoms with Gasteiger partial charge in [0, 0.05) is 26.2 Å². The van der Waals surface area contributed by atoms with Crippen LogP contribution in [0.2, 0.25) is 0 Å². The molecule has 0 atom stereocenters. The molecule has 2 heterocycles. The number of nitrogens with zero attached hydrogens (tertiary/aromatic N) is 2. The highest BCUT2D eigenvalue weighted by molar-refractivity contribution is 7.19. The molecule has 0 radical (unpaired) electrons. The molecule has 0 saturated carbocycles. The molecular weight excluding hydrogens is 288 g/mol. The van der Waals surface area contributed by atoms with E-state index in [4.69, 9.17) is 10.5 Å². The number of amides is 1. The van der Waals surface area contributed by atoms with Crippen LogP contribution in [0.1, 0.15) is 23.0 Å². The van der Waals surface area contributed by atoms with Crippen molar-refractivity contribution >= 4 is 27.9 Å². The molecule has 1 aliphatic rings. The van der Waals surface area contributed by atoms with Gasteiger partial charge in [-0.15, -0.1) is 11.3 Å². The molecule has 0 aromatic carbocycles. The first-order valence-electron chi connectivity index (χ1n) is 7.26. The van der Waals surface area contributed by atoms with Gasteiger partial charge in [-0.1, -0.05) is 0 Å². The van der Waals surface area contributed by atoms with E-state index in [2.05, 4.69) is 22.2 Å². The molecule has 2 rings (SSSR count). The Morgan fingerprint density at radius 2 is 2.14 bits per heavy atom. The Morgan fingerprint density at radius 3 is 2.81 bits per heavy atom. The summed E-state index contributed by atoms with van der Waals surface area (Å²) in [5, 5.41) is 3.76. The van der Waals surface area contributed by atoms with E-state index >= 15 is 0 Å². The summed E-state index contributed by atoms with van der Waals surface area (Å²) >= 11 is 1.42. The Balaban J connectivity index is 2.30. The van der Waals surface area contributed by atoms with Crippen LogP contribution < -0.4 is 20.7 Å². The number of likely N-dealkylation sites (N-methyl/N-ethyl adjacent to an activating group) is 1. The lowest BCUT2D eigenvalue weighted by Crippen LogP contribution is -2.28. The number of hydrogen-bond acceptors (Lipinski definition) is 6. The number of rotatable bonds is 4. The third-order valence-corrected chi connectivity index (χ3v) is 4.88. The first-order valence-corrected chi connectivity index (χ1v) is 8.08. The first-order chi connectivity index (χ1) is 10.1. The van der Waals surface area contributed by atoms with Gasteiger partial charge in [-0.25, -0.2) is 0 Å². The zero-order valence-corrected chi connectivity index (χ0v) is 13.8. The Kier molecular flexibility index (Phi) is 5.30. The molecule has 0 bridgehead atoms. The van der Waals surface area contributed by atoms with Crippen molar-refractivity contribution in [2.24, 2.45) is 0 Å². The van der Waals surface area contributed by atoms with Crippen LogP contribution in [0.4, 0.5) is 10.7 Å². The average Bonchev–Trinajstić information content (AvgIpc) is 2.63. The van der Waals surface area contributed by atoms with E-state index in [-0.39, 0.29) is 5.91 Å². The normalized spacial score (nSPS) is 16.6. The lowest BCUT2D eigenvalue weighted by molar-refractivity contribution is 0.0960. The third-order valence-electron chi connectivity index (χ3n) is 3.64. The maximum absolute atomic E-state index is 12.1. The zero-order chi connectivity index (χ0) is 15.4. The van der Waals surface area contributed by atoms with Crippen molar-refractivity contribution in [3.05, 3.63) is 4.88 Å². The molecule has 118 valence electrons. The Bertz CT molecular complexity index is 503. The highest BCUT2D eigenvalue weighted by atomic mass is 32.1. The van der Waals surface area contributed by atoms with Crippen molar-refractivity contribution in [3.63, 3.8) is 0 Å². The molecule has 1 aromatic rings. The van der Waals surface area contributed by atoms with Crippen LogP contribution in [0.25, 0.3) is 0 Å². The molecule has 6 nitrogen and oxygen atoms in total. The van der Waals surface area contributed by atoms with Gasteiger partial charge in [0.2, 0.25) is 0 Å². The molecule has 21 heavy (non-hydrogen) atoms. The van der Waals surface area contributed by atoms with E-state index in [9.17, 15) is 4.79 Å². The van der Waals surface area contributed by atoms with E-state index in [1.807, 2.05) is 6.92 Å². The van der Waals surface area contributed by atoms with E-state index in [0.717, 1.165) is 37.6 Å². The minimum absolute atomic E-state index is 0.128. The summed E-state index contributed by atoms with van der Waals surface area (Å²) in [6.07, 6.45) is 1.09. The summed E-state index contributed by atoms with van der Waals surface area (Å²) in [5.74, 6) is 0.502. The molecule has 7 heteroatoms.